The molecule has 1 amide bonds. The van der Waals surface area contributed by atoms with Crippen molar-refractivity contribution in [1.29, 1.82) is 0 Å². The lowest BCUT2D eigenvalue weighted by Gasteiger charge is -2.09. The quantitative estimate of drug-likeness (QED) is 0.331. The normalized spacial score (nSPS) is 11.4. The third-order valence-electron chi connectivity index (χ3n) is 5.21. The van der Waals surface area contributed by atoms with Crippen molar-refractivity contribution in [2.45, 2.75) is 6.18 Å². The van der Waals surface area contributed by atoms with E-state index in [2.05, 4.69) is 30.7 Å². The second-order valence-corrected chi connectivity index (χ2v) is 7.74. The number of hydrogen-bond donors (Lipinski definition) is 2. The summed E-state index contributed by atoms with van der Waals surface area (Å²) in [5.41, 5.74) is 0.467. The molecule has 0 aliphatic heterocycles. The molecule has 186 valence electrons. The van der Waals surface area contributed by atoms with Crippen LogP contribution in [0, 0.1) is 0 Å². The summed E-state index contributed by atoms with van der Waals surface area (Å²) in [6.07, 6.45) is -3.18. The lowest BCUT2D eigenvalue weighted by Crippen LogP contribution is -2.18. The summed E-state index contributed by atoms with van der Waals surface area (Å²) in [5, 5.41) is 9.79. The minimum absolute atomic E-state index is 0.0713. The topological polar surface area (TPSA) is 106 Å². The number of halogens is 3. The van der Waals surface area contributed by atoms with E-state index in [0.29, 0.717) is 22.7 Å². The summed E-state index contributed by atoms with van der Waals surface area (Å²) >= 11 is 0. The number of alkyl halides is 3. The molecule has 0 saturated carbocycles. The van der Waals surface area contributed by atoms with Gasteiger partial charge in [-0.2, -0.15) is 22.7 Å². The van der Waals surface area contributed by atoms with Crippen LogP contribution < -0.4 is 15.4 Å². The van der Waals surface area contributed by atoms with Crippen LogP contribution in [0.5, 0.6) is 11.5 Å². The van der Waals surface area contributed by atoms with Gasteiger partial charge in [0.15, 0.2) is 5.69 Å². The molecule has 9 nitrogen and oxygen atoms in total. The highest BCUT2D eigenvalue weighted by Gasteiger charge is 2.34. The first-order chi connectivity index (χ1) is 17.8. The summed E-state index contributed by atoms with van der Waals surface area (Å²) in [4.78, 5) is 23.5. The number of amides is 1. The zero-order chi connectivity index (χ0) is 26.0. The van der Waals surface area contributed by atoms with Gasteiger partial charge in [-0.3, -0.25) is 9.78 Å². The highest BCUT2D eigenvalue weighted by Crippen LogP contribution is 2.32. The molecule has 0 fully saturated rings. The molecule has 3 heterocycles. The number of nitrogens with zero attached hydrogens (tertiary/aromatic N) is 5. The maximum absolute atomic E-state index is 13.5. The van der Waals surface area contributed by atoms with Crippen LogP contribution in [0.15, 0.2) is 79.0 Å². The number of carbonyl (C=O) groups is 1. The second-order valence-electron chi connectivity index (χ2n) is 7.74. The molecule has 2 aromatic carbocycles. The third-order valence-corrected chi connectivity index (χ3v) is 5.21. The van der Waals surface area contributed by atoms with Crippen LogP contribution in [0.3, 0.4) is 0 Å². The molecule has 5 rings (SSSR count). The maximum atomic E-state index is 13.5. The molecule has 0 atom stereocenters. The third kappa shape index (κ3) is 5.17. The molecule has 0 aliphatic carbocycles. The van der Waals surface area contributed by atoms with Gasteiger partial charge in [-0.25, -0.2) is 4.98 Å². The zero-order valence-electron chi connectivity index (χ0n) is 19.2. The summed E-state index contributed by atoms with van der Waals surface area (Å²) in [6, 6.07) is 19.4. The summed E-state index contributed by atoms with van der Waals surface area (Å²) in [5.74, 6) is 0.460. The van der Waals surface area contributed by atoms with Crippen molar-refractivity contribution in [2.24, 2.45) is 0 Å². The molecule has 0 saturated heterocycles. The summed E-state index contributed by atoms with van der Waals surface area (Å²) in [7, 11) is 1.51. The first-order valence-corrected chi connectivity index (χ1v) is 10.9. The lowest BCUT2D eigenvalue weighted by molar-refractivity contribution is -0.141. The Bertz CT molecular complexity index is 1570. The maximum Gasteiger partial charge on any atom is 0.433 e. The Kier molecular flexibility index (Phi) is 6.14. The van der Waals surface area contributed by atoms with Gasteiger partial charge in [0.2, 0.25) is 5.95 Å². The van der Waals surface area contributed by atoms with Crippen molar-refractivity contribution >= 4 is 23.3 Å². The van der Waals surface area contributed by atoms with Gasteiger partial charge in [0.1, 0.15) is 17.2 Å². The van der Waals surface area contributed by atoms with E-state index in [1.807, 2.05) is 0 Å². The van der Waals surface area contributed by atoms with E-state index in [9.17, 15) is 18.0 Å². The number of carbonyl (C=O) groups excluding carboxylic acids is 1. The minimum atomic E-state index is -4.64. The number of aromatic nitrogens is 5. The smallest absolute Gasteiger partial charge is 0.433 e. The number of fused-ring (bicyclic) bond motifs is 1. The largest absolute Gasteiger partial charge is 0.457 e. The standard InChI is InChI=1S/C25H18F3N7O2/c1-29-22(36)19-13-18(11-12-30-19)37-17-9-7-16(8-10-17)31-23-33-24-32-21(25(26,27)28)14-20(35(24)34-23)15-5-3-2-4-6-15/h2-14H,1H3,(H,29,36)(H,31,34). The molecule has 37 heavy (non-hydrogen) atoms. The van der Waals surface area contributed by atoms with Gasteiger partial charge in [-0.15, -0.1) is 5.10 Å². The molecule has 12 heteroatoms. The fraction of sp³-hybridized carbons (Fsp3) is 0.0800. The number of ether oxygens (including phenoxy) is 1. The number of benzene rings is 2. The molecular formula is C25H18F3N7O2. The van der Waals surface area contributed by atoms with Gasteiger partial charge in [0.05, 0.1) is 5.69 Å². The first-order valence-electron chi connectivity index (χ1n) is 10.9. The van der Waals surface area contributed by atoms with E-state index in [1.54, 1.807) is 60.7 Å². The highest BCUT2D eigenvalue weighted by molar-refractivity contribution is 5.92. The SMILES string of the molecule is CNC(=O)c1cc(Oc2ccc(Nc3nc4nc(C(F)(F)F)cc(-c5ccccc5)n4n3)cc2)ccn1. The van der Waals surface area contributed by atoms with E-state index in [4.69, 9.17) is 4.74 Å². The Morgan fingerprint density at radius 1 is 0.946 bits per heavy atom. The van der Waals surface area contributed by atoms with Gasteiger partial charge in [-0.1, -0.05) is 30.3 Å². The van der Waals surface area contributed by atoms with E-state index in [-0.39, 0.29) is 29.0 Å². The van der Waals surface area contributed by atoms with E-state index in [1.165, 1.54) is 23.8 Å². The van der Waals surface area contributed by atoms with Gasteiger partial charge in [0.25, 0.3) is 11.7 Å². The summed E-state index contributed by atoms with van der Waals surface area (Å²) in [6.45, 7) is 0. The molecule has 2 N–H and O–H groups in total. The Morgan fingerprint density at radius 3 is 2.41 bits per heavy atom. The Balaban J connectivity index is 1.40. The number of anilines is 2. The lowest BCUT2D eigenvalue weighted by atomic mass is 10.1. The predicted octanol–water partition coefficient (Wildman–Crippen LogP) is 5.10. The molecule has 5 aromatic rings. The number of rotatable bonds is 6. The molecule has 0 radical (unpaired) electrons. The highest BCUT2D eigenvalue weighted by atomic mass is 19.4. The molecule has 0 spiro atoms. The molecule has 0 bridgehead atoms. The van der Waals surface area contributed by atoms with Crippen molar-refractivity contribution in [3.05, 3.63) is 90.4 Å². The summed E-state index contributed by atoms with van der Waals surface area (Å²) < 4.78 is 47.4. The van der Waals surface area contributed by atoms with Crippen molar-refractivity contribution in [3.8, 4) is 22.8 Å². The van der Waals surface area contributed by atoms with Gasteiger partial charge in [0, 0.05) is 30.6 Å². The Hall–Kier alpha value is -5.00. The average Bonchev–Trinajstić information content (AvgIpc) is 3.31. The molecule has 0 aliphatic rings. The van der Waals surface area contributed by atoms with Crippen LogP contribution in [0.4, 0.5) is 24.8 Å². The van der Waals surface area contributed by atoms with Crippen LogP contribution >= 0.6 is 0 Å². The van der Waals surface area contributed by atoms with Crippen molar-refractivity contribution in [1.82, 2.24) is 29.9 Å². The number of nitrogens with one attached hydrogen (secondary N) is 2. The van der Waals surface area contributed by atoms with Gasteiger partial charge < -0.3 is 15.4 Å². The van der Waals surface area contributed by atoms with Crippen LogP contribution in [0.1, 0.15) is 16.2 Å². The van der Waals surface area contributed by atoms with Crippen LogP contribution in [0.25, 0.3) is 17.0 Å². The van der Waals surface area contributed by atoms with Crippen molar-refractivity contribution in [3.63, 3.8) is 0 Å². The fourth-order valence-corrected chi connectivity index (χ4v) is 3.48. The molecular weight excluding hydrogens is 487 g/mol. The van der Waals surface area contributed by atoms with Crippen LogP contribution in [-0.2, 0) is 6.18 Å². The van der Waals surface area contributed by atoms with E-state index in [0.717, 1.165) is 6.07 Å². The van der Waals surface area contributed by atoms with E-state index < -0.39 is 11.9 Å². The monoisotopic (exact) mass is 505 g/mol. The minimum Gasteiger partial charge on any atom is -0.457 e. The average molecular weight is 505 g/mol. The number of hydrogen-bond acceptors (Lipinski definition) is 7. The van der Waals surface area contributed by atoms with Crippen LogP contribution in [-0.4, -0.2) is 37.5 Å². The van der Waals surface area contributed by atoms with Crippen LogP contribution in [0.2, 0.25) is 0 Å². The van der Waals surface area contributed by atoms with E-state index >= 15 is 0 Å². The van der Waals surface area contributed by atoms with Crippen molar-refractivity contribution in [2.75, 3.05) is 12.4 Å². The van der Waals surface area contributed by atoms with Gasteiger partial charge in [-0.05, 0) is 36.4 Å². The predicted molar refractivity (Wildman–Crippen MR) is 129 cm³/mol. The Labute approximate surface area is 208 Å². The fourth-order valence-electron chi connectivity index (χ4n) is 3.48. The van der Waals surface area contributed by atoms with Crippen molar-refractivity contribution < 1.29 is 22.7 Å². The zero-order valence-corrected chi connectivity index (χ0v) is 19.2. The molecule has 3 aromatic heterocycles. The number of pyridine rings is 1. The Morgan fingerprint density at radius 2 is 1.70 bits per heavy atom. The second kappa shape index (κ2) is 9.57. The molecule has 0 unspecified atom stereocenters. The van der Waals surface area contributed by atoms with Gasteiger partial charge >= 0.3 is 6.18 Å². The first kappa shape index (κ1) is 23.7.